The molecule has 0 aromatic heterocycles. The van der Waals surface area contributed by atoms with E-state index in [0.717, 1.165) is 16.0 Å². The van der Waals surface area contributed by atoms with E-state index < -0.39 is 35.7 Å². The molecule has 0 saturated carbocycles. The third-order valence-electron chi connectivity index (χ3n) is 5.82. The van der Waals surface area contributed by atoms with Gasteiger partial charge in [-0.3, -0.25) is 14.4 Å². The second kappa shape index (κ2) is 5.94. The first-order valence-electron chi connectivity index (χ1n) is 8.96. The van der Waals surface area contributed by atoms with Gasteiger partial charge in [-0.25, -0.2) is 4.90 Å². The third-order valence-corrected chi connectivity index (χ3v) is 6.05. The monoisotopic (exact) mass is 393 g/mol. The number of amides is 3. The van der Waals surface area contributed by atoms with Crippen LogP contribution in [0, 0.1) is 11.8 Å². The van der Waals surface area contributed by atoms with Crippen molar-refractivity contribution < 1.29 is 14.4 Å². The number of nitrogens with zero attached hydrogens (tertiary/aromatic N) is 2. The van der Waals surface area contributed by atoms with Crippen molar-refractivity contribution in [1.82, 2.24) is 4.90 Å². The van der Waals surface area contributed by atoms with Crippen molar-refractivity contribution in [3.8, 4) is 0 Å². The van der Waals surface area contributed by atoms with Crippen LogP contribution in [0.2, 0.25) is 5.02 Å². The van der Waals surface area contributed by atoms with Crippen LogP contribution in [0.3, 0.4) is 0 Å². The van der Waals surface area contributed by atoms with E-state index in [4.69, 9.17) is 17.3 Å². The Kier molecular flexibility index (Phi) is 3.61. The first-order chi connectivity index (χ1) is 13.5. The number of carbonyl (C=O) groups excluding carboxylic acids is 3. The van der Waals surface area contributed by atoms with Crippen molar-refractivity contribution in [3.05, 3.63) is 70.9 Å². The SMILES string of the molecule is NC(=O)[C@H]1[C@@H]2C(=O)N(c3cccc(Cl)c3)C(=O)[C@@H]2[C@@H]2c3ccccc3C=CN12. The molecule has 3 amide bonds. The number of nitrogens with two attached hydrogens (primary N) is 1. The smallest absolute Gasteiger partial charge is 0.240 e. The van der Waals surface area contributed by atoms with Crippen molar-refractivity contribution >= 4 is 41.1 Å². The van der Waals surface area contributed by atoms with E-state index in [1.807, 2.05) is 30.3 Å². The standard InChI is InChI=1S/C21H16ClN3O3/c22-12-5-3-6-13(10-12)25-20(27)15-16(21(25)28)18(19(23)26)24-9-8-11-4-1-2-7-14(11)17(15)24/h1-10,15-18H,(H2,23,26)/t15-,16+,17-,18+/m0/s1. The maximum absolute atomic E-state index is 13.4. The first kappa shape index (κ1) is 17.0. The molecule has 2 N–H and O–H groups in total. The lowest BCUT2D eigenvalue weighted by atomic mass is 9.84. The van der Waals surface area contributed by atoms with Gasteiger partial charge in [-0.15, -0.1) is 0 Å². The number of fused-ring (bicyclic) bond motifs is 5. The van der Waals surface area contributed by atoms with E-state index in [0.29, 0.717) is 10.7 Å². The third kappa shape index (κ3) is 2.18. The van der Waals surface area contributed by atoms with E-state index in [2.05, 4.69) is 0 Å². The maximum atomic E-state index is 13.4. The van der Waals surface area contributed by atoms with Crippen molar-refractivity contribution in [2.75, 3.05) is 4.90 Å². The Morgan fingerprint density at radius 1 is 1.00 bits per heavy atom. The number of imide groups is 1. The van der Waals surface area contributed by atoms with Crippen LogP contribution in [-0.2, 0) is 14.4 Å². The predicted octanol–water partition coefficient (Wildman–Crippen LogP) is 2.34. The number of benzene rings is 2. The van der Waals surface area contributed by atoms with Gasteiger partial charge in [0, 0.05) is 11.2 Å². The van der Waals surface area contributed by atoms with Crippen molar-refractivity contribution in [2.45, 2.75) is 12.1 Å². The minimum atomic E-state index is -0.875. The number of hydrogen-bond acceptors (Lipinski definition) is 4. The highest BCUT2D eigenvalue weighted by Crippen LogP contribution is 2.53. The van der Waals surface area contributed by atoms with Crippen molar-refractivity contribution in [1.29, 1.82) is 0 Å². The summed E-state index contributed by atoms with van der Waals surface area (Å²) in [6.07, 6.45) is 3.65. The van der Waals surface area contributed by atoms with Gasteiger partial charge in [-0.05, 0) is 35.4 Å². The molecule has 0 spiro atoms. The van der Waals surface area contributed by atoms with Crippen LogP contribution >= 0.6 is 11.6 Å². The Bertz CT molecular complexity index is 1070. The van der Waals surface area contributed by atoms with Gasteiger partial charge in [-0.1, -0.05) is 41.9 Å². The summed E-state index contributed by atoms with van der Waals surface area (Å²) in [6, 6.07) is 13.0. The summed E-state index contributed by atoms with van der Waals surface area (Å²) in [4.78, 5) is 41.9. The second-order valence-corrected chi connectivity index (χ2v) is 7.66. The van der Waals surface area contributed by atoms with Crippen LogP contribution in [0.5, 0.6) is 0 Å². The number of anilines is 1. The Morgan fingerprint density at radius 3 is 2.50 bits per heavy atom. The van der Waals surface area contributed by atoms with Gasteiger partial charge in [0.1, 0.15) is 6.04 Å². The highest BCUT2D eigenvalue weighted by Gasteiger charge is 2.64. The van der Waals surface area contributed by atoms with Gasteiger partial charge in [0.05, 0.1) is 23.6 Å². The van der Waals surface area contributed by atoms with Crippen LogP contribution in [0.25, 0.3) is 6.08 Å². The zero-order chi connectivity index (χ0) is 19.6. The topological polar surface area (TPSA) is 83.7 Å². The number of hydrogen-bond donors (Lipinski definition) is 1. The molecular formula is C21H16ClN3O3. The van der Waals surface area contributed by atoms with Crippen LogP contribution in [0.15, 0.2) is 54.7 Å². The molecule has 2 fully saturated rings. The number of primary amides is 1. The summed E-state index contributed by atoms with van der Waals surface area (Å²) >= 11 is 6.06. The average molecular weight is 394 g/mol. The molecule has 2 saturated heterocycles. The van der Waals surface area contributed by atoms with E-state index in [1.54, 1.807) is 35.4 Å². The van der Waals surface area contributed by atoms with E-state index in [1.165, 1.54) is 0 Å². The Morgan fingerprint density at radius 2 is 1.75 bits per heavy atom. The van der Waals surface area contributed by atoms with E-state index >= 15 is 0 Å². The summed E-state index contributed by atoms with van der Waals surface area (Å²) in [7, 11) is 0. The molecule has 3 heterocycles. The molecule has 7 heteroatoms. The highest BCUT2D eigenvalue weighted by molar-refractivity contribution is 6.31. The fraction of sp³-hybridized carbons (Fsp3) is 0.190. The molecule has 3 aliphatic heterocycles. The van der Waals surface area contributed by atoms with Gasteiger partial charge in [0.15, 0.2) is 0 Å². The molecule has 2 aromatic rings. The predicted molar refractivity (Wildman–Crippen MR) is 104 cm³/mol. The van der Waals surface area contributed by atoms with Gasteiger partial charge in [0.2, 0.25) is 17.7 Å². The van der Waals surface area contributed by atoms with Gasteiger partial charge >= 0.3 is 0 Å². The van der Waals surface area contributed by atoms with E-state index in [-0.39, 0.29) is 5.91 Å². The van der Waals surface area contributed by atoms with Crippen molar-refractivity contribution in [3.63, 3.8) is 0 Å². The van der Waals surface area contributed by atoms with Crippen LogP contribution in [0.4, 0.5) is 5.69 Å². The zero-order valence-electron chi connectivity index (χ0n) is 14.7. The lowest BCUT2D eigenvalue weighted by Gasteiger charge is -2.34. The summed E-state index contributed by atoms with van der Waals surface area (Å²) in [6.45, 7) is 0. The number of halogens is 1. The van der Waals surface area contributed by atoms with Gasteiger partial charge in [-0.2, -0.15) is 0 Å². The summed E-state index contributed by atoms with van der Waals surface area (Å²) in [5.74, 6) is -2.88. The molecule has 4 atom stereocenters. The minimum absolute atomic E-state index is 0.332. The molecule has 0 unspecified atom stereocenters. The fourth-order valence-electron chi connectivity index (χ4n) is 4.75. The fourth-order valence-corrected chi connectivity index (χ4v) is 4.94. The largest absolute Gasteiger partial charge is 0.368 e. The van der Waals surface area contributed by atoms with Crippen LogP contribution in [0.1, 0.15) is 17.2 Å². The normalized spacial score (nSPS) is 27.6. The molecule has 0 radical (unpaired) electrons. The first-order valence-corrected chi connectivity index (χ1v) is 9.34. The van der Waals surface area contributed by atoms with Crippen molar-refractivity contribution in [2.24, 2.45) is 17.6 Å². The molecule has 28 heavy (non-hydrogen) atoms. The van der Waals surface area contributed by atoms with E-state index in [9.17, 15) is 14.4 Å². The average Bonchev–Trinajstić information content (AvgIpc) is 3.15. The Labute approximate surface area is 166 Å². The summed E-state index contributed by atoms with van der Waals surface area (Å²) in [5, 5.41) is 0.425. The highest BCUT2D eigenvalue weighted by atomic mass is 35.5. The maximum Gasteiger partial charge on any atom is 0.240 e. The number of rotatable bonds is 2. The molecule has 140 valence electrons. The quantitative estimate of drug-likeness (QED) is 0.794. The minimum Gasteiger partial charge on any atom is -0.368 e. The summed E-state index contributed by atoms with van der Waals surface area (Å²) < 4.78 is 0. The lowest BCUT2D eigenvalue weighted by Crippen LogP contribution is -2.46. The molecule has 2 aromatic carbocycles. The molecule has 3 aliphatic rings. The Balaban J connectivity index is 1.66. The van der Waals surface area contributed by atoms with Gasteiger partial charge < -0.3 is 10.6 Å². The molecule has 0 aliphatic carbocycles. The zero-order valence-corrected chi connectivity index (χ0v) is 15.4. The van der Waals surface area contributed by atoms with Crippen LogP contribution < -0.4 is 10.6 Å². The lowest BCUT2D eigenvalue weighted by molar-refractivity contribution is -0.129. The molecular weight excluding hydrogens is 378 g/mol. The van der Waals surface area contributed by atoms with Crippen LogP contribution in [-0.4, -0.2) is 28.7 Å². The summed E-state index contributed by atoms with van der Waals surface area (Å²) in [5.41, 5.74) is 7.97. The Hall–Kier alpha value is -3.12. The molecule has 5 rings (SSSR count). The molecule has 6 nitrogen and oxygen atoms in total. The number of carbonyl (C=O) groups is 3. The van der Waals surface area contributed by atoms with Gasteiger partial charge in [0.25, 0.3) is 0 Å². The molecule has 0 bridgehead atoms. The second-order valence-electron chi connectivity index (χ2n) is 7.23.